The highest BCUT2D eigenvalue weighted by molar-refractivity contribution is 5.79. The zero-order chi connectivity index (χ0) is 33.1. The van der Waals surface area contributed by atoms with E-state index < -0.39 is 0 Å². The second-order valence-corrected chi connectivity index (χ2v) is 12.5. The smallest absolute Gasteiger partial charge is 0.117 e. The van der Waals surface area contributed by atoms with Gasteiger partial charge in [-0.15, -0.1) is 0 Å². The summed E-state index contributed by atoms with van der Waals surface area (Å²) in [6.07, 6.45) is 5.57. The van der Waals surface area contributed by atoms with Crippen molar-refractivity contribution in [1.82, 2.24) is 0 Å². The van der Waals surface area contributed by atoms with E-state index in [-0.39, 0.29) is 28.4 Å². The zero-order valence-electron chi connectivity index (χ0n) is 26.6. The Balaban J connectivity index is 1.27. The van der Waals surface area contributed by atoms with Crippen molar-refractivity contribution in [3.05, 3.63) is 157 Å². The van der Waals surface area contributed by atoms with E-state index in [4.69, 9.17) is 0 Å². The number of benzene rings is 6. The molecule has 6 heteroatoms. The van der Waals surface area contributed by atoms with Gasteiger partial charge in [0.15, 0.2) is 0 Å². The average Bonchev–Trinajstić information content (AvgIpc) is 3.10. The molecule has 0 amide bonds. The third-order valence-electron chi connectivity index (χ3n) is 9.42. The molecule has 0 spiro atoms. The van der Waals surface area contributed by atoms with Gasteiger partial charge in [0.1, 0.15) is 23.0 Å². The molecule has 0 aromatic heterocycles. The molecule has 6 nitrogen and oxygen atoms in total. The Bertz CT molecular complexity index is 1790. The van der Waals surface area contributed by atoms with Gasteiger partial charge >= 0.3 is 0 Å². The van der Waals surface area contributed by atoms with E-state index in [1.54, 1.807) is 48.5 Å². The van der Waals surface area contributed by atoms with Gasteiger partial charge in [-0.25, -0.2) is 0 Å². The maximum Gasteiger partial charge on any atom is 0.117 e. The van der Waals surface area contributed by atoms with E-state index >= 15 is 0 Å². The minimum absolute atomic E-state index is 0.156. The molecule has 0 saturated heterocycles. The first-order valence-electron chi connectivity index (χ1n) is 16.4. The summed E-state index contributed by atoms with van der Waals surface area (Å²) in [5.74, 6) is 0.687. The fraction of sp³-hybridized carbons (Fsp3) is 0.143. The van der Waals surface area contributed by atoms with Gasteiger partial charge < -0.3 is 30.2 Å². The van der Waals surface area contributed by atoms with Crippen molar-refractivity contribution < 1.29 is 20.4 Å². The molecule has 0 aliphatic heterocycles. The van der Waals surface area contributed by atoms with Crippen molar-refractivity contribution in [2.24, 2.45) is 0 Å². The van der Waals surface area contributed by atoms with Crippen LogP contribution in [0.4, 0.5) is 34.1 Å². The van der Waals surface area contributed by atoms with Crippen LogP contribution in [-0.2, 0) is 5.41 Å². The molecule has 240 valence electrons. The van der Waals surface area contributed by atoms with Gasteiger partial charge in [0.05, 0.1) is 0 Å². The van der Waals surface area contributed by atoms with Crippen LogP contribution in [0.15, 0.2) is 146 Å². The van der Waals surface area contributed by atoms with E-state index in [1.165, 1.54) is 17.5 Å². The average molecular weight is 635 g/mol. The van der Waals surface area contributed by atoms with Crippen LogP contribution in [0, 0.1) is 0 Å². The summed E-state index contributed by atoms with van der Waals surface area (Å²) in [4.78, 5) is 4.06. The Kier molecular flexibility index (Phi) is 8.38. The quantitative estimate of drug-likeness (QED) is 0.133. The summed E-state index contributed by atoms with van der Waals surface area (Å²) in [5.41, 5.74) is 7.36. The number of phenolic OH excluding ortho intramolecular Hbond substituents is 4. The summed E-state index contributed by atoms with van der Waals surface area (Å²) < 4.78 is 0. The summed E-state index contributed by atoms with van der Waals surface area (Å²) >= 11 is 0. The molecule has 48 heavy (non-hydrogen) atoms. The lowest BCUT2D eigenvalue weighted by Crippen LogP contribution is -2.30. The normalized spacial score (nSPS) is 13.9. The first-order valence-corrected chi connectivity index (χ1v) is 16.4. The van der Waals surface area contributed by atoms with Gasteiger partial charge in [-0.3, -0.25) is 0 Å². The van der Waals surface area contributed by atoms with Crippen molar-refractivity contribution in [3.63, 3.8) is 0 Å². The Hall–Kier alpha value is -5.88. The predicted molar refractivity (Wildman–Crippen MR) is 193 cm³/mol. The highest BCUT2D eigenvalue weighted by atomic mass is 16.3. The van der Waals surface area contributed by atoms with Gasteiger partial charge in [-0.05, 0) is 96.8 Å². The minimum Gasteiger partial charge on any atom is -0.508 e. The number of hydrogen-bond acceptors (Lipinski definition) is 6. The van der Waals surface area contributed by atoms with Crippen molar-refractivity contribution in [2.45, 2.75) is 37.5 Å². The Labute approximate surface area is 281 Å². The van der Waals surface area contributed by atoms with Crippen LogP contribution in [0.2, 0.25) is 0 Å². The number of anilines is 6. The molecular weight excluding hydrogens is 596 g/mol. The van der Waals surface area contributed by atoms with Crippen LogP contribution < -0.4 is 9.80 Å². The standard InChI is InChI=1S/C42H38N2O4/c45-38-12-4-8-34(26-38)43(35-9-5-13-39(46)27-35)32-20-16-30(17-21-32)42(24-2-1-3-25-42)31-18-22-33(23-19-31)44(36-10-6-14-40(47)28-36)37-11-7-15-41(48)29-37/h4-23,26-29,45-48H,1-3,24-25H2. The maximum atomic E-state index is 10.3. The second-order valence-electron chi connectivity index (χ2n) is 12.5. The van der Waals surface area contributed by atoms with Crippen LogP contribution >= 0.6 is 0 Å². The van der Waals surface area contributed by atoms with Crippen molar-refractivity contribution in [2.75, 3.05) is 9.80 Å². The SMILES string of the molecule is Oc1cccc(N(c2ccc(C3(c4ccc(N(c5cccc(O)c5)c5cccc(O)c5)cc4)CCCCC3)cc2)c2cccc(O)c2)c1. The van der Waals surface area contributed by atoms with E-state index in [9.17, 15) is 20.4 Å². The Morgan fingerprint density at radius 2 is 0.667 bits per heavy atom. The molecule has 4 N–H and O–H groups in total. The number of rotatable bonds is 8. The van der Waals surface area contributed by atoms with Gasteiger partial charge in [0.25, 0.3) is 0 Å². The summed E-state index contributed by atoms with van der Waals surface area (Å²) in [6, 6.07) is 45.9. The number of nitrogens with zero attached hydrogens (tertiary/aromatic N) is 2. The molecule has 1 aliphatic carbocycles. The number of aromatic hydroxyl groups is 4. The minimum atomic E-state index is -0.156. The Morgan fingerprint density at radius 1 is 0.354 bits per heavy atom. The van der Waals surface area contributed by atoms with Gasteiger partial charge in [-0.2, -0.15) is 0 Å². The molecule has 6 aromatic rings. The molecule has 0 radical (unpaired) electrons. The fourth-order valence-electron chi connectivity index (χ4n) is 7.18. The summed E-state index contributed by atoms with van der Waals surface area (Å²) in [7, 11) is 0. The van der Waals surface area contributed by atoms with E-state index in [0.29, 0.717) is 0 Å². The number of phenols is 4. The van der Waals surface area contributed by atoms with Gasteiger partial charge in [0.2, 0.25) is 0 Å². The van der Waals surface area contributed by atoms with Crippen LogP contribution in [-0.4, -0.2) is 20.4 Å². The molecule has 1 fully saturated rings. The van der Waals surface area contributed by atoms with Gasteiger partial charge in [-0.1, -0.05) is 67.8 Å². The molecule has 0 bridgehead atoms. The lowest BCUT2D eigenvalue weighted by molar-refractivity contribution is 0.346. The largest absolute Gasteiger partial charge is 0.508 e. The lowest BCUT2D eigenvalue weighted by atomic mass is 9.65. The predicted octanol–water partition coefficient (Wildman–Crippen LogP) is 10.7. The molecule has 1 saturated carbocycles. The number of hydrogen-bond donors (Lipinski definition) is 4. The molecule has 0 atom stereocenters. The van der Waals surface area contributed by atoms with E-state index in [1.807, 2.05) is 58.3 Å². The first-order chi connectivity index (χ1) is 23.4. The lowest BCUT2D eigenvalue weighted by Gasteiger charge is -2.39. The molecule has 7 rings (SSSR count). The highest BCUT2D eigenvalue weighted by Gasteiger charge is 2.36. The third kappa shape index (κ3) is 6.13. The Morgan fingerprint density at radius 3 is 0.958 bits per heavy atom. The van der Waals surface area contributed by atoms with Crippen LogP contribution in [0.25, 0.3) is 0 Å². The van der Waals surface area contributed by atoms with Crippen molar-refractivity contribution in [1.29, 1.82) is 0 Å². The van der Waals surface area contributed by atoms with E-state index in [2.05, 4.69) is 48.5 Å². The topological polar surface area (TPSA) is 87.4 Å². The fourth-order valence-corrected chi connectivity index (χ4v) is 7.18. The zero-order valence-corrected chi connectivity index (χ0v) is 26.6. The third-order valence-corrected chi connectivity index (χ3v) is 9.42. The van der Waals surface area contributed by atoms with Crippen LogP contribution in [0.5, 0.6) is 23.0 Å². The molecule has 1 aliphatic rings. The molecular formula is C42H38N2O4. The monoisotopic (exact) mass is 634 g/mol. The van der Waals surface area contributed by atoms with Crippen LogP contribution in [0.3, 0.4) is 0 Å². The second kappa shape index (κ2) is 13.1. The summed E-state index contributed by atoms with van der Waals surface area (Å²) in [6.45, 7) is 0. The maximum absolute atomic E-state index is 10.3. The van der Waals surface area contributed by atoms with Crippen molar-refractivity contribution in [3.8, 4) is 23.0 Å². The highest BCUT2D eigenvalue weighted by Crippen LogP contribution is 2.47. The van der Waals surface area contributed by atoms with Gasteiger partial charge in [0, 0.05) is 63.8 Å². The van der Waals surface area contributed by atoms with Crippen LogP contribution in [0.1, 0.15) is 43.2 Å². The van der Waals surface area contributed by atoms with Crippen molar-refractivity contribution >= 4 is 34.1 Å². The first kappa shape index (κ1) is 30.8. The molecule has 6 aromatic carbocycles. The molecule has 0 heterocycles. The summed E-state index contributed by atoms with van der Waals surface area (Å²) in [5, 5.41) is 41.2. The van der Waals surface area contributed by atoms with E-state index in [0.717, 1.165) is 59.8 Å². The molecule has 0 unspecified atom stereocenters.